The van der Waals surface area contributed by atoms with Crippen molar-refractivity contribution >= 4 is 11.9 Å². The van der Waals surface area contributed by atoms with Crippen molar-refractivity contribution in [1.82, 2.24) is 20.1 Å². The lowest BCUT2D eigenvalue weighted by molar-refractivity contribution is -0.147. The Kier molecular flexibility index (Phi) is 4.97. The molecule has 2 aliphatic rings. The van der Waals surface area contributed by atoms with E-state index in [-0.39, 0.29) is 34.6 Å². The lowest BCUT2D eigenvalue weighted by Gasteiger charge is -2.38. The van der Waals surface area contributed by atoms with Gasteiger partial charge in [0.05, 0.1) is 31.5 Å². The second-order valence-corrected chi connectivity index (χ2v) is 7.50. The predicted octanol–water partition coefficient (Wildman–Crippen LogP) is 2.57. The van der Waals surface area contributed by atoms with Crippen LogP contribution in [0.15, 0.2) is 18.3 Å². The number of H-pyrrole nitrogens is 1. The monoisotopic (exact) mass is 402 g/mol. The van der Waals surface area contributed by atoms with Crippen LogP contribution in [0.5, 0.6) is 5.88 Å². The number of carbonyl (C=O) groups excluding carboxylic acids is 2. The van der Waals surface area contributed by atoms with Gasteiger partial charge in [-0.2, -0.15) is 5.10 Å². The maximum Gasteiger partial charge on any atom is 0.308 e. The predicted molar refractivity (Wildman–Crippen MR) is 101 cm³/mol. The van der Waals surface area contributed by atoms with Crippen LogP contribution in [0.4, 0.5) is 4.39 Å². The number of rotatable bonds is 5. The summed E-state index contributed by atoms with van der Waals surface area (Å²) in [6, 6.07) is 3.02. The van der Waals surface area contributed by atoms with Crippen LogP contribution in [0.3, 0.4) is 0 Å². The highest BCUT2D eigenvalue weighted by Gasteiger charge is 2.55. The molecule has 1 aliphatic heterocycles. The lowest BCUT2D eigenvalue weighted by Crippen LogP contribution is -2.49. The van der Waals surface area contributed by atoms with Crippen LogP contribution in [-0.4, -0.2) is 57.8 Å². The number of aromatic amines is 1. The van der Waals surface area contributed by atoms with Crippen LogP contribution < -0.4 is 4.74 Å². The number of esters is 1. The van der Waals surface area contributed by atoms with Crippen molar-refractivity contribution in [3.63, 3.8) is 0 Å². The number of piperidine rings is 1. The first kappa shape index (κ1) is 19.4. The fourth-order valence-corrected chi connectivity index (χ4v) is 4.06. The van der Waals surface area contributed by atoms with Gasteiger partial charge in [-0.05, 0) is 38.7 Å². The van der Waals surface area contributed by atoms with E-state index < -0.39 is 5.82 Å². The van der Waals surface area contributed by atoms with E-state index in [0.29, 0.717) is 37.6 Å². The molecule has 0 aromatic carbocycles. The molecule has 1 atom stereocenters. The standard InChI is InChI=1S/C20H23FN4O4/c1-3-29-17-8-13(14(21)11-22-17)15-9-16(24-23-15)18(26)25-7-4-12(19(27)28-2)10-20(25)5-6-20/h8-9,11-12H,3-7,10H2,1-2H3,(H,23,24)/t12-/m0/s1. The number of ether oxygens (including phenoxy) is 2. The molecule has 2 aromatic rings. The van der Waals surface area contributed by atoms with Gasteiger partial charge in [-0.1, -0.05) is 0 Å². The fraction of sp³-hybridized carbons (Fsp3) is 0.500. The average molecular weight is 402 g/mol. The summed E-state index contributed by atoms with van der Waals surface area (Å²) >= 11 is 0. The van der Waals surface area contributed by atoms with E-state index in [4.69, 9.17) is 9.47 Å². The lowest BCUT2D eigenvalue weighted by atomic mass is 9.88. The summed E-state index contributed by atoms with van der Waals surface area (Å²) in [4.78, 5) is 30.7. The molecule has 1 amide bonds. The number of amides is 1. The van der Waals surface area contributed by atoms with E-state index in [2.05, 4.69) is 15.2 Å². The Morgan fingerprint density at radius 1 is 1.38 bits per heavy atom. The van der Waals surface area contributed by atoms with Crippen molar-refractivity contribution in [3.05, 3.63) is 29.8 Å². The maximum atomic E-state index is 14.2. The van der Waals surface area contributed by atoms with Gasteiger partial charge in [0.15, 0.2) is 11.5 Å². The average Bonchev–Trinajstić information content (AvgIpc) is 3.30. The number of hydrogen-bond acceptors (Lipinski definition) is 6. The van der Waals surface area contributed by atoms with Crippen LogP contribution in [0.25, 0.3) is 11.3 Å². The molecule has 1 saturated heterocycles. The van der Waals surface area contributed by atoms with Crippen molar-refractivity contribution in [1.29, 1.82) is 0 Å². The Labute approximate surface area is 167 Å². The number of halogens is 1. The molecular formula is C20H23FN4O4. The molecule has 9 heteroatoms. The van der Waals surface area contributed by atoms with Gasteiger partial charge in [0, 0.05) is 23.7 Å². The molecule has 3 heterocycles. The summed E-state index contributed by atoms with van der Waals surface area (Å²) in [5.41, 5.74) is 0.540. The van der Waals surface area contributed by atoms with Crippen molar-refractivity contribution in [2.24, 2.45) is 5.92 Å². The summed E-state index contributed by atoms with van der Waals surface area (Å²) in [6.45, 7) is 2.70. The summed E-state index contributed by atoms with van der Waals surface area (Å²) in [5, 5.41) is 6.85. The van der Waals surface area contributed by atoms with Gasteiger partial charge >= 0.3 is 5.97 Å². The number of hydrogen-bond donors (Lipinski definition) is 1. The number of carbonyl (C=O) groups is 2. The minimum atomic E-state index is -0.534. The zero-order chi connectivity index (χ0) is 20.6. The largest absolute Gasteiger partial charge is 0.478 e. The zero-order valence-corrected chi connectivity index (χ0v) is 16.4. The van der Waals surface area contributed by atoms with Crippen molar-refractivity contribution in [2.45, 2.75) is 38.1 Å². The first-order chi connectivity index (χ1) is 14.0. The number of pyridine rings is 1. The minimum Gasteiger partial charge on any atom is -0.478 e. The van der Waals surface area contributed by atoms with E-state index in [9.17, 15) is 14.0 Å². The third-order valence-electron chi connectivity index (χ3n) is 5.72. The number of aromatic nitrogens is 3. The van der Waals surface area contributed by atoms with E-state index >= 15 is 0 Å². The SMILES string of the molecule is CCOc1cc(-c2cc(C(=O)N3CC[C@H](C(=O)OC)CC34CC4)n[nH]2)c(F)cn1. The molecule has 1 saturated carbocycles. The first-order valence-corrected chi connectivity index (χ1v) is 9.71. The minimum absolute atomic E-state index is 0.177. The number of nitrogens with one attached hydrogen (secondary N) is 1. The van der Waals surface area contributed by atoms with Crippen LogP contribution in [-0.2, 0) is 9.53 Å². The second kappa shape index (κ2) is 7.46. The third kappa shape index (κ3) is 3.56. The molecule has 1 N–H and O–H groups in total. The highest BCUT2D eigenvalue weighted by Crippen LogP contribution is 2.50. The molecule has 2 fully saturated rings. The van der Waals surface area contributed by atoms with Crippen LogP contribution >= 0.6 is 0 Å². The molecule has 0 bridgehead atoms. The topological polar surface area (TPSA) is 97.4 Å². The van der Waals surface area contributed by atoms with Gasteiger partial charge in [0.25, 0.3) is 5.91 Å². The molecule has 8 nitrogen and oxygen atoms in total. The molecule has 1 aliphatic carbocycles. The van der Waals surface area contributed by atoms with Gasteiger partial charge < -0.3 is 14.4 Å². The van der Waals surface area contributed by atoms with Crippen LogP contribution in [0.1, 0.15) is 43.1 Å². The molecule has 1 spiro atoms. The summed E-state index contributed by atoms with van der Waals surface area (Å²) in [6.07, 6.45) is 3.98. The van der Waals surface area contributed by atoms with E-state index in [1.807, 2.05) is 6.92 Å². The van der Waals surface area contributed by atoms with Gasteiger partial charge in [-0.3, -0.25) is 14.7 Å². The van der Waals surface area contributed by atoms with Crippen molar-refractivity contribution < 1.29 is 23.5 Å². The summed E-state index contributed by atoms with van der Waals surface area (Å²) < 4.78 is 24.4. The normalized spacial score (nSPS) is 19.8. The number of likely N-dealkylation sites (tertiary alicyclic amines) is 1. The third-order valence-corrected chi connectivity index (χ3v) is 5.72. The van der Waals surface area contributed by atoms with Crippen LogP contribution in [0, 0.1) is 11.7 Å². The Morgan fingerprint density at radius 3 is 2.86 bits per heavy atom. The molecule has 0 radical (unpaired) electrons. The van der Waals surface area contributed by atoms with E-state index in [1.165, 1.54) is 13.2 Å². The summed E-state index contributed by atoms with van der Waals surface area (Å²) in [5.74, 6) is -0.845. The Balaban J connectivity index is 1.54. The second-order valence-electron chi connectivity index (χ2n) is 7.50. The van der Waals surface area contributed by atoms with Gasteiger partial charge in [0.2, 0.25) is 5.88 Å². The maximum absolute atomic E-state index is 14.2. The van der Waals surface area contributed by atoms with E-state index in [1.54, 1.807) is 11.0 Å². The molecular weight excluding hydrogens is 379 g/mol. The Bertz CT molecular complexity index is 940. The number of methoxy groups -OCH3 is 1. The number of nitrogens with zero attached hydrogens (tertiary/aromatic N) is 3. The molecule has 29 heavy (non-hydrogen) atoms. The smallest absolute Gasteiger partial charge is 0.308 e. The van der Waals surface area contributed by atoms with E-state index in [0.717, 1.165) is 19.0 Å². The quantitative estimate of drug-likeness (QED) is 0.772. The molecule has 2 aromatic heterocycles. The Hall–Kier alpha value is -2.97. The van der Waals surface area contributed by atoms with Crippen molar-refractivity contribution in [3.8, 4) is 17.1 Å². The van der Waals surface area contributed by atoms with Crippen LogP contribution in [0.2, 0.25) is 0 Å². The molecule has 154 valence electrons. The highest BCUT2D eigenvalue weighted by atomic mass is 19.1. The Morgan fingerprint density at radius 2 is 2.17 bits per heavy atom. The highest BCUT2D eigenvalue weighted by molar-refractivity contribution is 5.94. The van der Waals surface area contributed by atoms with Gasteiger partial charge in [0.1, 0.15) is 0 Å². The first-order valence-electron chi connectivity index (χ1n) is 9.71. The van der Waals surface area contributed by atoms with Crippen molar-refractivity contribution in [2.75, 3.05) is 20.3 Å². The molecule has 0 unspecified atom stereocenters. The summed E-state index contributed by atoms with van der Waals surface area (Å²) in [7, 11) is 1.39. The fourth-order valence-electron chi connectivity index (χ4n) is 4.06. The zero-order valence-electron chi connectivity index (χ0n) is 16.4. The molecule has 4 rings (SSSR count). The van der Waals surface area contributed by atoms with Gasteiger partial charge in [-0.25, -0.2) is 9.37 Å². The van der Waals surface area contributed by atoms with Gasteiger partial charge in [-0.15, -0.1) is 0 Å².